The highest BCUT2D eigenvalue weighted by Gasteiger charge is 2.46. The predicted octanol–water partition coefficient (Wildman–Crippen LogP) is 9.94. The third-order valence-electron chi connectivity index (χ3n) is 10.4. The van der Waals surface area contributed by atoms with Gasteiger partial charge in [0.15, 0.2) is 0 Å². The number of ether oxygens (including phenoxy) is 3. The first-order valence-corrected chi connectivity index (χ1v) is 16.7. The minimum atomic E-state index is -5.03. The molecule has 1 amide bonds. The van der Waals surface area contributed by atoms with E-state index in [0.29, 0.717) is 50.2 Å². The van der Waals surface area contributed by atoms with Crippen LogP contribution in [0.1, 0.15) is 107 Å². The number of rotatable bonds is 10. The molecule has 0 unspecified atom stereocenters. The summed E-state index contributed by atoms with van der Waals surface area (Å²) in [4.78, 5) is 27.4. The van der Waals surface area contributed by atoms with Crippen LogP contribution in [0.2, 0.25) is 0 Å². The van der Waals surface area contributed by atoms with Gasteiger partial charge in [-0.3, -0.25) is 9.69 Å². The molecule has 49 heavy (non-hydrogen) atoms. The summed E-state index contributed by atoms with van der Waals surface area (Å²) in [5.41, 5.74) is -0.137. The maximum atomic E-state index is 13.6. The van der Waals surface area contributed by atoms with Crippen LogP contribution >= 0.6 is 0 Å². The van der Waals surface area contributed by atoms with Gasteiger partial charge in [-0.1, -0.05) is 26.3 Å². The van der Waals surface area contributed by atoms with Crippen LogP contribution < -0.4 is 4.74 Å². The van der Waals surface area contributed by atoms with Gasteiger partial charge >= 0.3 is 24.4 Å². The van der Waals surface area contributed by atoms with Gasteiger partial charge in [-0.15, -0.1) is 0 Å². The Labute approximate surface area is 282 Å². The van der Waals surface area contributed by atoms with E-state index in [1.54, 1.807) is 21.0 Å². The van der Waals surface area contributed by atoms with E-state index in [1.165, 1.54) is 4.90 Å². The van der Waals surface area contributed by atoms with E-state index in [9.17, 15) is 35.9 Å². The summed E-state index contributed by atoms with van der Waals surface area (Å²) in [6.45, 7) is 8.01. The average molecular weight is 696 g/mol. The summed E-state index contributed by atoms with van der Waals surface area (Å²) in [5, 5.41) is 0. The highest BCUT2D eigenvalue weighted by atomic mass is 19.4. The third kappa shape index (κ3) is 7.72. The van der Waals surface area contributed by atoms with Crippen molar-refractivity contribution in [2.45, 2.75) is 104 Å². The van der Waals surface area contributed by atoms with Crippen LogP contribution in [0.25, 0.3) is 5.57 Å². The molecule has 1 aliphatic heterocycles. The van der Waals surface area contributed by atoms with Crippen LogP contribution in [0.4, 0.5) is 31.1 Å². The van der Waals surface area contributed by atoms with E-state index in [2.05, 4.69) is 19.9 Å². The fraction of sp³-hybridized carbons (Fsp3) is 0.568. The number of halogens is 6. The van der Waals surface area contributed by atoms with E-state index in [4.69, 9.17) is 14.2 Å². The number of carbonyl (C=O) groups excluding carboxylic acids is 2. The summed E-state index contributed by atoms with van der Waals surface area (Å²) in [7, 11) is 1.57. The van der Waals surface area contributed by atoms with Gasteiger partial charge < -0.3 is 14.2 Å². The molecule has 268 valence electrons. The number of methoxy groups -OCH3 is 1. The van der Waals surface area contributed by atoms with Crippen molar-refractivity contribution in [3.8, 4) is 5.75 Å². The molecule has 0 N–H and O–H groups in total. The van der Waals surface area contributed by atoms with Gasteiger partial charge in [0.05, 0.1) is 36.3 Å². The molecule has 2 aromatic rings. The van der Waals surface area contributed by atoms with E-state index in [1.807, 2.05) is 12.1 Å². The molecule has 0 radical (unpaired) electrons. The number of esters is 1. The van der Waals surface area contributed by atoms with Crippen LogP contribution in [-0.2, 0) is 33.0 Å². The van der Waals surface area contributed by atoms with Crippen molar-refractivity contribution in [3.63, 3.8) is 0 Å². The Morgan fingerprint density at radius 3 is 2.20 bits per heavy atom. The van der Waals surface area contributed by atoms with Crippen molar-refractivity contribution in [1.82, 2.24) is 4.90 Å². The monoisotopic (exact) mass is 695 g/mol. The average Bonchev–Trinajstić information content (AvgIpc) is 3.27. The summed E-state index contributed by atoms with van der Waals surface area (Å²) in [5.74, 6) is 0.484. The fourth-order valence-electron chi connectivity index (χ4n) is 7.37. The first kappa shape index (κ1) is 36.6. The second-order valence-corrected chi connectivity index (χ2v) is 14.3. The van der Waals surface area contributed by atoms with Gasteiger partial charge in [-0.05, 0) is 117 Å². The predicted molar refractivity (Wildman–Crippen MR) is 171 cm³/mol. The van der Waals surface area contributed by atoms with E-state index in [0.717, 1.165) is 48.0 Å². The van der Waals surface area contributed by atoms with Gasteiger partial charge in [0.1, 0.15) is 11.9 Å². The summed E-state index contributed by atoms with van der Waals surface area (Å²) in [6.07, 6.45) is -6.23. The number of allylic oxidation sites excluding steroid dienone is 1. The zero-order valence-electron chi connectivity index (χ0n) is 28.4. The molecule has 0 bridgehead atoms. The second kappa shape index (κ2) is 13.5. The van der Waals surface area contributed by atoms with Gasteiger partial charge in [0.2, 0.25) is 0 Å². The van der Waals surface area contributed by atoms with E-state index < -0.39 is 47.1 Å². The van der Waals surface area contributed by atoms with Crippen LogP contribution in [-0.4, -0.2) is 43.3 Å². The zero-order chi connectivity index (χ0) is 35.9. The SMILES string of the molecule is CCOC(=O)C1(CCc2ccc(OC)c(C3=C(CN4C(=O)O[C@H](c5cc(C(F)(F)F)cc(C(F)(F)F)c5)[C@@H]4C)CC(C)(C)CC3)c2)CCC1. The number of carbonyl (C=O) groups is 2. The molecule has 1 saturated carbocycles. The molecule has 12 heteroatoms. The Morgan fingerprint density at radius 1 is 1.00 bits per heavy atom. The maximum absolute atomic E-state index is 13.6. The lowest BCUT2D eigenvalue weighted by atomic mass is 9.65. The largest absolute Gasteiger partial charge is 0.496 e. The zero-order valence-corrected chi connectivity index (χ0v) is 28.4. The van der Waals surface area contributed by atoms with Gasteiger partial charge in [0, 0.05) is 12.1 Å². The van der Waals surface area contributed by atoms with Crippen molar-refractivity contribution in [2.75, 3.05) is 20.3 Å². The minimum absolute atomic E-state index is 0.0638. The van der Waals surface area contributed by atoms with Crippen LogP contribution in [0.5, 0.6) is 5.75 Å². The molecule has 2 aliphatic carbocycles. The number of aryl methyl sites for hydroxylation is 1. The highest BCUT2D eigenvalue weighted by molar-refractivity contribution is 5.78. The highest BCUT2D eigenvalue weighted by Crippen LogP contribution is 2.48. The lowest BCUT2D eigenvalue weighted by Crippen LogP contribution is -2.39. The van der Waals surface area contributed by atoms with Crippen molar-refractivity contribution in [3.05, 3.63) is 69.8 Å². The van der Waals surface area contributed by atoms with Crippen LogP contribution in [0.3, 0.4) is 0 Å². The quantitative estimate of drug-likeness (QED) is 0.183. The first-order chi connectivity index (χ1) is 22.9. The van der Waals surface area contributed by atoms with Crippen molar-refractivity contribution >= 4 is 17.6 Å². The Bertz CT molecular complexity index is 1570. The number of amides is 1. The van der Waals surface area contributed by atoms with Gasteiger partial charge in [-0.2, -0.15) is 26.3 Å². The van der Waals surface area contributed by atoms with Crippen molar-refractivity contribution in [1.29, 1.82) is 0 Å². The summed E-state index contributed by atoms with van der Waals surface area (Å²) < 4.78 is 98.4. The molecule has 2 aromatic carbocycles. The minimum Gasteiger partial charge on any atom is -0.496 e. The van der Waals surface area contributed by atoms with E-state index >= 15 is 0 Å². The number of nitrogens with zero attached hydrogens (tertiary/aromatic N) is 1. The Morgan fingerprint density at radius 2 is 1.65 bits per heavy atom. The van der Waals surface area contributed by atoms with Crippen LogP contribution in [0, 0.1) is 10.8 Å². The molecule has 0 spiro atoms. The van der Waals surface area contributed by atoms with Crippen LogP contribution in [0.15, 0.2) is 42.0 Å². The van der Waals surface area contributed by atoms with E-state index in [-0.39, 0.29) is 29.6 Å². The Kier molecular flexibility index (Phi) is 10.1. The number of benzene rings is 2. The molecule has 5 rings (SSSR count). The molecular formula is C37H43F6NO5. The normalized spacial score (nSPS) is 22.1. The molecule has 1 heterocycles. The van der Waals surface area contributed by atoms with Gasteiger partial charge in [-0.25, -0.2) is 4.79 Å². The number of alkyl halides is 6. The first-order valence-electron chi connectivity index (χ1n) is 16.7. The van der Waals surface area contributed by atoms with Gasteiger partial charge in [0.25, 0.3) is 0 Å². The number of hydrogen-bond donors (Lipinski definition) is 0. The molecule has 2 atom stereocenters. The number of hydrogen-bond acceptors (Lipinski definition) is 5. The summed E-state index contributed by atoms with van der Waals surface area (Å²) >= 11 is 0. The van der Waals surface area contributed by atoms with Crippen molar-refractivity contribution < 1.29 is 50.1 Å². The lowest BCUT2D eigenvalue weighted by Gasteiger charge is -2.39. The Hall–Kier alpha value is -3.70. The fourth-order valence-corrected chi connectivity index (χ4v) is 7.37. The maximum Gasteiger partial charge on any atom is 0.416 e. The lowest BCUT2D eigenvalue weighted by molar-refractivity contribution is -0.161. The third-order valence-corrected chi connectivity index (χ3v) is 10.4. The topological polar surface area (TPSA) is 65.1 Å². The smallest absolute Gasteiger partial charge is 0.416 e. The molecule has 1 saturated heterocycles. The summed E-state index contributed by atoms with van der Waals surface area (Å²) in [6, 6.07) is 6.36. The standard InChI is InChI=1S/C37H43F6NO5/c1-6-48-32(45)35(12-7-13-35)15-10-23-8-9-30(47-5)29(16-23)28-11-14-34(3,4)20-25(28)21-44-22(2)31(49-33(44)46)24-17-26(36(38,39)40)19-27(18-24)37(41,42)43/h8-9,16-19,22,31H,6-7,10-15,20-21H2,1-5H3/t22-,31-/m0/s1. The van der Waals surface area contributed by atoms with Crippen molar-refractivity contribution in [2.24, 2.45) is 10.8 Å². The molecule has 2 fully saturated rings. The molecule has 3 aliphatic rings. The molecule has 6 nitrogen and oxygen atoms in total. The Balaban J connectivity index is 1.46. The second-order valence-electron chi connectivity index (χ2n) is 14.3. The molecular weight excluding hydrogens is 652 g/mol. The molecule has 0 aromatic heterocycles. The number of cyclic esters (lactones) is 1.